The molecule has 0 bridgehead atoms. The largest absolute Gasteiger partial charge is 0.504 e. The van der Waals surface area contributed by atoms with Crippen LogP contribution in [0.4, 0.5) is 0 Å². The molecule has 3 rings (SSSR count). The zero-order chi connectivity index (χ0) is 15.0. The van der Waals surface area contributed by atoms with E-state index >= 15 is 0 Å². The normalized spacial score (nSPS) is 21.3. The van der Waals surface area contributed by atoms with Crippen LogP contribution in [0, 0.1) is 0 Å². The molecule has 0 saturated carbocycles. The first-order valence-electron chi connectivity index (χ1n) is 7.32. The van der Waals surface area contributed by atoms with Gasteiger partial charge in [-0.3, -0.25) is 0 Å². The Morgan fingerprint density at radius 3 is 2.33 bits per heavy atom. The highest BCUT2D eigenvalue weighted by Crippen LogP contribution is 2.42. The summed E-state index contributed by atoms with van der Waals surface area (Å²) in [5.41, 5.74) is 3.52. The van der Waals surface area contributed by atoms with E-state index in [1.165, 1.54) is 5.56 Å². The van der Waals surface area contributed by atoms with Crippen LogP contribution >= 0.6 is 0 Å². The Morgan fingerprint density at radius 1 is 1.00 bits per heavy atom. The first kappa shape index (κ1) is 14.0. The number of nitrogens with zero attached hydrogens (tertiary/aromatic N) is 1. The van der Waals surface area contributed by atoms with Crippen molar-refractivity contribution in [3.63, 3.8) is 0 Å². The summed E-state index contributed by atoms with van der Waals surface area (Å²) in [6.07, 6.45) is 1.92. The third-order valence-corrected chi connectivity index (χ3v) is 4.51. The second-order valence-corrected chi connectivity index (χ2v) is 6.06. The van der Waals surface area contributed by atoms with Crippen molar-refractivity contribution >= 4 is 0 Å². The molecule has 3 heteroatoms. The van der Waals surface area contributed by atoms with Crippen LogP contribution < -0.4 is 0 Å². The molecule has 2 atom stereocenters. The number of benzene rings is 2. The van der Waals surface area contributed by atoms with Crippen LogP contribution in [0.5, 0.6) is 11.5 Å². The van der Waals surface area contributed by atoms with Crippen molar-refractivity contribution in [2.75, 3.05) is 14.1 Å². The van der Waals surface area contributed by atoms with Crippen LogP contribution in [-0.4, -0.2) is 35.3 Å². The second-order valence-electron chi connectivity index (χ2n) is 6.06. The fourth-order valence-corrected chi connectivity index (χ4v) is 3.27. The number of likely N-dealkylation sites (N-methyl/N-ethyl adjacent to an activating group) is 1. The van der Waals surface area contributed by atoms with E-state index in [9.17, 15) is 10.2 Å². The predicted molar refractivity (Wildman–Crippen MR) is 83.9 cm³/mol. The molecule has 0 aliphatic heterocycles. The Labute approximate surface area is 125 Å². The van der Waals surface area contributed by atoms with Crippen molar-refractivity contribution in [2.24, 2.45) is 0 Å². The Balaban J connectivity index is 2.10. The fourth-order valence-electron chi connectivity index (χ4n) is 3.27. The molecule has 1 aliphatic rings. The van der Waals surface area contributed by atoms with Gasteiger partial charge in [-0.25, -0.2) is 0 Å². The molecular weight excluding hydrogens is 262 g/mol. The van der Waals surface area contributed by atoms with E-state index in [1.807, 2.05) is 6.07 Å². The highest BCUT2D eigenvalue weighted by molar-refractivity contribution is 5.51. The standard InChI is InChI=1S/C18H21NO2/c1-19(2)14-8-13-9-17(20)18(21)11-16(13)15(10-14)12-6-4-3-5-7-12/h3-7,9,11,14-15,20-21H,8,10H2,1-2H3/t14-,15+/m0/s1. The smallest absolute Gasteiger partial charge is 0.157 e. The summed E-state index contributed by atoms with van der Waals surface area (Å²) in [7, 11) is 4.19. The number of hydrogen-bond acceptors (Lipinski definition) is 3. The van der Waals surface area contributed by atoms with Crippen LogP contribution in [-0.2, 0) is 6.42 Å². The molecule has 110 valence electrons. The fraction of sp³-hybridized carbons (Fsp3) is 0.333. The summed E-state index contributed by atoms with van der Waals surface area (Å²) in [4.78, 5) is 2.24. The topological polar surface area (TPSA) is 43.7 Å². The molecule has 0 heterocycles. The van der Waals surface area contributed by atoms with Gasteiger partial charge < -0.3 is 15.1 Å². The van der Waals surface area contributed by atoms with Crippen molar-refractivity contribution in [2.45, 2.75) is 24.8 Å². The molecule has 3 nitrogen and oxygen atoms in total. The second kappa shape index (κ2) is 5.41. The van der Waals surface area contributed by atoms with E-state index < -0.39 is 0 Å². The molecule has 21 heavy (non-hydrogen) atoms. The summed E-state index contributed by atoms with van der Waals surface area (Å²) in [5, 5.41) is 19.6. The quantitative estimate of drug-likeness (QED) is 0.832. The van der Waals surface area contributed by atoms with Crippen molar-refractivity contribution in [3.05, 3.63) is 59.2 Å². The Morgan fingerprint density at radius 2 is 1.67 bits per heavy atom. The highest BCUT2D eigenvalue weighted by Gasteiger charge is 2.30. The monoisotopic (exact) mass is 283 g/mol. The highest BCUT2D eigenvalue weighted by atomic mass is 16.3. The molecule has 1 aliphatic carbocycles. The molecule has 0 saturated heterocycles. The molecule has 0 unspecified atom stereocenters. The van der Waals surface area contributed by atoms with Gasteiger partial charge in [0.15, 0.2) is 11.5 Å². The summed E-state index contributed by atoms with van der Waals surface area (Å²) >= 11 is 0. The molecule has 0 radical (unpaired) electrons. The minimum Gasteiger partial charge on any atom is -0.504 e. The van der Waals surface area contributed by atoms with E-state index in [0.717, 1.165) is 24.0 Å². The molecule has 0 fully saturated rings. The van der Waals surface area contributed by atoms with Gasteiger partial charge in [0.25, 0.3) is 0 Å². The minimum absolute atomic E-state index is 0.0278. The van der Waals surface area contributed by atoms with Gasteiger partial charge in [-0.05, 0) is 55.8 Å². The lowest BCUT2D eigenvalue weighted by molar-refractivity contribution is 0.257. The first-order valence-corrected chi connectivity index (χ1v) is 7.32. The van der Waals surface area contributed by atoms with Gasteiger partial charge in [0.1, 0.15) is 0 Å². The maximum Gasteiger partial charge on any atom is 0.157 e. The van der Waals surface area contributed by atoms with E-state index in [1.54, 1.807) is 12.1 Å². The molecule has 0 amide bonds. The van der Waals surface area contributed by atoms with Gasteiger partial charge >= 0.3 is 0 Å². The summed E-state index contributed by atoms with van der Waals surface area (Å²) in [6.45, 7) is 0. The molecule has 0 spiro atoms. The number of phenols is 2. The first-order chi connectivity index (χ1) is 10.1. The van der Waals surface area contributed by atoms with Crippen molar-refractivity contribution in [3.8, 4) is 11.5 Å². The van der Waals surface area contributed by atoms with Gasteiger partial charge in [0.05, 0.1) is 0 Å². The van der Waals surface area contributed by atoms with Crippen molar-refractivity contribution in [1.82, 2.24) is 4.90 Å². The van der Waals surface area contributed by atoms with E-state index in [0.29, 0.717) is 6.04 Å². The lowest BCUT2D eigenvalue weighted by atomic mass is 9.76. The van der Waals surface area contributed by atoms with Crippen molar-refractivity contribution < 1.29 is 10.2 Å². The average Bonchev–Trinajstić information content (AvgIpc) is 2.48. The Kier molecular flexibility index (Phi) is 3.60. The van der Waals surface area contributed by atoms with Crippen LogP contribution in [0.1, 0.15) is 29.0 Å². The SMILES string of the molecule is CN(C)[C@H]1Cc2cc(O)c(O)cc2[C@@H](c2ccccc2)C1. The maximum absolute atomic E-state index is 9.85. The molecule has 2 aromatic rings. The van der Waals surface area contributed by atoms with Crippen molar-refractivity contribution in [1.29, 1.82) is 0 Å². The zero-order valence-corrected chi connectivity index (χ0v) is 12.5. The van der Waals surface area contributed by atoms with Crippen LogP contribution in [0.25, 0.3) is 0 Å². The maximum atomic E-state index is 9.85. The molecule has 2 N–H and O–H groups in total. The molecule has 0 aromatic heterocycles. The van der Waals surface area contributed by atoms with E-state index in [4.69, 9.17) is 0 Å². The van der Waals surface area contributed by atoms with Crippen LogP contribution in [0.2, 0.25) is 0 Å². The van der Waals surface area contributed by atoms with Gasteiger partial charge in [0, 0.05) is 12.0 Å². The average molecular weight is 283 g/mol. The van der Waals surface area contributed by atoms with Gasteiger partial charge in [0.2, 0.25) is 0 Å². The number of hydrogen-bond donors (Lipinski definition) is 2. The van der Waals surface area contributed by atoms with Gasteiger partial charge in [-0.2, -0.15) is 0 Å². The van der Waals surface area contributed by atoms with Gasteiger partial charge in [-0.15, -0.1) is 0 Å². The molecule has 2 aromatic carbocycles. The Hall–Kier alpha value is -2.00. The van der Waals surface area contributed by atoms with E-state index in [2.05, 4.69) is 43.3 Å². The van der Waals surface area contributed by atoms with Crippen LogP contribution in [0.3, 0.4) is 0 Å². The minimum atomic E-state index is -0.0296. The lowest BCUT2D eigenvalue weighted by Crippen LogP contribution is -2.35. The van der Waals surface area contributed by atoms with Crippen LogP contribution in [0.15, 0.2) is 42.5 Å². The third kappa shape index (κ3) is 2.61. The summed E-state index contributed by atoms with van der Waals surface area (Å²) in [6, 6.07) is 14.3. The number of rotatable bonds is 2. The van der Waals surface area contributed by atoms with E-state index in [-0.39, 0.29) is 17.4 Å². The van der Waals surface area contributed by atoms with Gasteiger partial charge in [-0.1, -0.05) is 30.3 Å². The Bertz CT molecular complexity index is 637. The zero-order valence-electron chi connectivity index (χ0n) is 12.5. The summed E-state index contributed by atoms with van der Waals surface area (Å²) < 4.78 is 0. The number of aromatic hydroxyl groups is 2. The summed E-state index contributed by atoms with van der Waals surface area (Å²) in [5.74, 6) is 0.201. The number of fused-ring (bicyclic) bond motifs is 1. The predicted octanol–water partition coefficient (Wildman–Crippen LogP) is 3.11. The lowest BCUT2D eigenvalue weighted by Gasteiger charge is -2.35. The number of phenolic OH excluding ortho intramolecular Hbond substituents is 2. The molecular formula is C18H21NO2. The third-order valence-electron chi connectivity index (χ3n) is 4.51.